The van der Waals surface area contributed by atoms with Gasteiger partial charge in [0.1, 0.15) is 5.75 Å². The molecule has 0 unspecified atom stereocenters. The lowest BCUT2D eigenvalue weighted by Gasteiger charge is -2.06. The summed E-state index contributed by atoms with van der Waals surface area (Å²) < 4.78 is 5.68. The van der Waals surface area contributed by atoms with E-state index in [2.05, 4.69) is 36.4 Å². The molecule has 0 heterocycles. The highest BCUT2D eigenvalue weighted by atomic mass is 16.5. The van der Waals surface area contributed by atoms with Crippen molar-refractivity contribution in [3.05, 3.63) is 65.7 Å². The summed E-state index contributed by atoms with van der Waals surface area (Å²) in [5, 5.41) is 8.74. The molecule has 23 heavy (non-hydrogen) atoms. The first-order chi connectivity index (χ1) is 11.4. The molecule has 2 aromatic rings. The van der Waals surface area contributed by atoms with Gasteiger partial charge in [-0.1, -0.05) is 56.0 Å². The third-order valence-corrected chi connectivity index (χ3v) is 3.95. The number of hydrogen-bond donors (Lipinski definition) is 0. The topological polar surface area (TPSA) is 33.0 Å². The van der Waals surface area contributed by atoms with Crippen molar-refractivity contribution in [2.24, 2.45) is 0 Å². The molecule has 2 heteroatoms. The normalized spacial score (nSPS) is 10.2. The van der Waals surface area contributed by atoms with Crippen LogP contribution in [0.5, 0.6) is 5.75 Å². The van der Waals surface area contributed by atoms with Gasteiger partial charge in [-0.15, -0.1) is 0 Å². The minimum Gasteiger partial charge on any atom is -0.494 e. The minimum atomic E-state index is 0.674. The molecule has 0 aliphatic rings. The Kier molecular flexibility index (Phi) is 7.77. The first kappa shape index (κ1) is 17.1. The second kappa shape index (κ2) is 10.5. The van der Waals surface area contributed by atoms with E-state index in [1.54, 1.807) is 12.1 Å². The Hall–Kier alpha value is -2.27. The van der Waals surface area contributed by atoms with Crippen LogP contribution in [0.1, 0.15) is 49.7 Å². The number of rotatable bonds is 10. The summed E-state index contributed by atoms with van der Waals surface area (Å²) in [6.45, 7) is 0.760. The first-order valence-corrected chi connectivity index (χ1v) is 8.55. The van der Waals surface area contributed by atoms with Gasteiger partial charge in [0, 0.05) is 0 Å². The largest absolute Gasteiger partial charge is 0.494 e. The highest BCUT2D eigenvalue weighted by molar-refractivity contribution is 5.34. The van der Waals surface area contributed by atoms with E-state index in [1.165, 1.54) is 44.1 Å². The average molecular weight is 307 g/mol. The molecule has 0 saturated carbocycles. The summed E-state index contributed by atoms with van der Waals surface area (Å²) in [6, 6.07) is 20.1. The quantitative estimate of drug-likeness (QED) is 0.541. The molecule has 0 bridgehead atoms. The standard InChI is InChI=1S/C21H25NO/c22-18-20-13-15-21(16-14-20)23-17-9-4-2-1-3-6-10-19-11-7-5-8-12-19/h5,7-8,11-16H,1-4,6,9-10,17H2. The molecule has 0 aromatic heterocycles. The predicted octanol–water partition coefficient (Wildman–Crippen LogP) is 5.52. The van der Waals surface area contributed by atoms with E-state index < -0.39 is 0 Å². The van der Waals surface area contributed by atoms with Crippen molar-refractivity contribution < 1.29 is 4.74 Å². The number of nitrogens with zero attached hydrogens (tertiary/aromatic N) is 1. The fourth-order valence-corrected chi connectivity index (χ4v) is 2.60. The smallest absolute Gasteiger partial charge is 0.119 e. The Bertz CT molecular complexity index is 583. The van der Waals surface area contributed by atoms with Crippen LogP contribution in [0, 0.1) is 11.3 Å². The van der Waals surface area contributed by atoms with E-state index >= 15 is 0 Å². The number of nitriles is 1. The molecule has 0 aliphatic heterocycles. The van der Waals surface area contributed by atoms with E-state index in [0.717, 1.165) is 18.8 Å². The van der Waals surface area contributed by atoms with Gasteiger partial charge in [-0.05, 0) is 49.1 Å². The lowest BCUT2D eigenvalue weighted by molar-refractivity contribution is 0.304. The molecule has 0 radical (unpaired) electrons. The highest BCUT2D eigenvalue weighted by Gasteiger charge is 1.96. The molecule has 2 rings (SSSR count). The molecule has 2 nitrogen and oxygen atoms in total. The summed E-state index contributed by atoms with van der Waals surface area (Å²) in [5.41, 5.74) is 2.12. The van der Waals surface area contributed by atoms with Crippen LogP contribution < -0.4 is 4.74 Å². The molecule has 0 spiro atoms. The third kappa shape index (κ3) is 7.02. The predicted molar refractivity (Wildman–Crippen MR) is 94.5 cm³/mol. The van der Waals surface area contributed by atoms with Crippen molar-refractivity contribution in [3.8, 4) is 11.8 Å². The van der Waals surface area contributed by atoms with Gasteiger partial charge in [0.2, 0.25) is 0 Å². The van der Waals surface area contributed by atoms with Gasteiger partial charge in [0.15, 0.2) is 0 Å². The fourth-order valence-electron chi connectivity index (χ4n) is 2.60. The van der Waals surface area contributed by atoms with Crippen LogP contribution >= 0.6 is 0 Å². The Morgan fingerprint density at radius 1 is 0.739 bits per heavy atom. The number of unbranched alkanes of at least 4 members (excludes halogenated alkanes) is 5. The van der Waals surface area contributed by atoms with Crippen LogP contribution in [0.3, 0.4) is 0 Å². The van der Waals surface area contributed by atoms with Crippen LogP contribution in [0.4, 0.5) is 0 Å². The number of benzene rings is 2. The summed E-state index contributed by atoms with van der Waals surface area (Å²) in [5.74, 6) is 0.854. The Labute approximate surface area is 139 Å². The zero-order valence-electron chi connectivity index (χ0n) is 13.7. The minimum absolute atomic E-state index is 0.674. The van der Waals surface area contributed by atoms with Crippen LogP contribution in [-0.4, -0.2) is 6.61 Å². The van der Waals surface area contributed by atoms with Gasteiger partial charge in [0.05, 0.1) is 18.2 Å². The van der Waals surface area contributed by atoms with Crippen molar-refractivity contribution in [3.63, 3.8) is 0 Å². The van der Waals surface area contributed by atoms with Crippen LogP contribution in [-0.2, 0) is 6.42 Å². The fraction of sp³-hybridized carbons (Fsp3) is 0.381. The summed E-state index contributed by atoms with van der Waals surface area (Å²) in [7, 11) is 0. The van der Waals surface area contributed by atoms with E-state index in [9.17, 15) is 0 Å². The van der Waals surface area contributed by atoms with Gasteiger partial charge < -0.3 is 4.74 Å². The number of aryl methyl sites for hydroxylation is 1. The highest BCUT2D eigenvalue weighted by Crippen LogP contribution is 2.13. The van der Waals surface area contributed by atoms with Crippen molar-refractivity contribution in [2.45, 2.75) is 44.9 Å². The average Bonchev–Trinajstić information content (AvgIpc) is 2.61. The summed E-state index contributed by atoms with van der Waals surface area (Å²) >= 11 is 0. The maximum Gasteiger partial charge on any atom is 0.119 e. The van der Waals surface area contributed by atoms with Crippen molar-refractivity contribution >= 4 is 0 Å². The lowest BCUT2D eigenvalue weighted by atomic mass is 10.1. The maximum atomic E-state index is 8.74. The van der Waals surface area contributed by atoms with Crippen LogP contribution in [0.25, 0.3) is 0 Å². The molecule has 0 N–H and O–H groups in total. The molecule has 2 aromatic carbocycles. The SMILES string of the molecule is N#Cc1ccc(OCCCCCCCCc2ccccc2)cc1. The zero-order valence-corrected chi connectivity index (χ0v) is 13.7. The van der Waals surface area contributed by atoms with Crippen LogP contribution in [0.2, 0.25) is 0 Å². The molecular weight excluding hydrogens is 282 g/mol. The summed E-state index contributed by atoms with van der Waals surface area (Å²) in [4.78, 5) is 0. The maximum absolute atomic E-state index is 8.74. The molecule has 0 aliphatic carbocycles. The van der Waals surface area contributed by atoms with Gasteiger partial charge in [0.25, 0.3) is 0 Å². The third-order valence-electron chi connectivity index (χ3n) is 3.95. The van der Waals surface area contributed by atoms with Crippen LogP contribution in [0.15, 0.2) is 54.6 Å². The molecule has 0 atom stereocenters. The van der Waals surface area contributed by atoms with E-state index in [0.29, 0.717) is 5.56 Å². The molecule has 120 valence electrons. The monoisotopic (exact) mass is 307 g/mol. The molecule has 0 saturated heterocycles. The summed E-state index contributed by atoms with van der Waals surface area (Å²) in [6.07, 6.45) is 8.70. The number of ether oxygens (including phenoxy) is 1. The lowest BCUT2D eigenvalue weighted by Crippen LogP contribution is -1.97. The molecule has 0 amide bonds. The second-order valence-electron chi connectivity index (χ2n) is 5.84. The first-order valence-electron chi connectivity index (χ1n) is 8.55. The number of hydrogen-bond acceptors (Lipinski definition) is 2. The van der Waals surface area contributed by atoms with Crippen molar-refractivity contribution in [1.29, 1.82) is 5.26 Å². The van der Waals surface area contributed by atoms with E-state index in [4.69, 9.17) is 10.00 Å². The Morgan fingerprint density at radius 2 is 1.39 bits per heavy atom. The van der Waals surface area contributed by atoms with Gasteiger partial charge >= 0.3 is 0 Å². The molecular formula is C21H25NO. The zero-order chi connectivity index (χ0) is 16.2. The van der Waals surface area contributed by atoms with E-state index in [-0.39, 0.29) is 0 Å². The van der Waals surface area contributed by atoms with Gasteiger partial charge in [-0.2, -0.15) is 5.26 Å². The Balaban J connectivity index is 1.44. The second-order valence-corrected chi connectivity index (χ2v) is 5.84. The van der Waals surface area contributed by atoms with E-state index in [1.807, 2.05) is 12.1 Å². The van der Waals surface area contributed by atoms with Crippen molar-refractivity contribution in [2.75, 3.05) is 6.61 Å². The molecule has 0 fully saturated rings. The van der Waals surface area contributed by atoms with Gasteiger partial charge in [-0.25, -0.2) is 0 Å². The Morgan fingerprint density at radius 3 is 2.09 bits per heavy atom. The van der Waals surface area contributed by atoms with Crippen molar-refractivity contribution in [1.82, 2.24) is 0 Å². The van der Waals surface area contributed by atoms with Gasteiger partial charge in [-0.3, -0.25) is 0 Å².